The third kappa shape index (κ3) is 4.92. The summed E-state index contributed by atoms with van der Waals surface area (Å²) in [6, 6.07) is 8.90. The van der Waals surface area contributed by atoms with Crippen LogP contribution < -0.4 is 0 Å². The van der Waals surface area contributed by atoms with Crippen molar-refractivity contribution in [2.24, 2.45) is 0 Å². The van der Waals surface area contributed by atoms with E-state index >= 15 is 0 Å². The largest absolute Gasteiger partial charge is 0.456 e. The molecule has 3 aromatic heterocycles. The van der Waals surface area contributed by atoms with E-state index in [1.54, 1.807) is 24.3 Å². The van der Waals surface area contributed by atoms with Gasteiger partial charge >= 0.3 is 0 Å². The molecule has 12 rings (SSSR count). The number of rotatable bonds is 5. The van der Waals surface area contributed by atoms with Crippen molar-refractivity contribution in [2.75, 3.05) is 0 Å². The molecule has 0 aliphatic rings. The molecule has 0 atom stereocenters. The van der Waals surface area contributed by atoms with E-state index < -0.39 is 132 Å². The molecule has 0 fully saturated rings. The van der Waals surface area contributed by atoms with Crippen LogP contribution >= 0.6 is 0 Å². The highest BCUT2D eigenvalue weighted by Gasteiger charge is 2.18. The van der Waals surface area contributed by atoms with E-state index in [0.717, 1.165) is 21.8 Å². The van der Waals surface area contributed by atoms with E-state index in [4.69, 9.17) is 20.9 Å². The Morgan fingerprint density at radius 1 is 0.368 bits per heavy atom. The molecule has 3 heteroatoms. The van der Waals surface area contributed by atoms with Gasteiger partial charge in [-0.3, -0.25) is 0 Å². The van der Waals surface area contributed by atoms with Crippen molar-refractivity contribution in [3.63, 3.8) is 0 Å². The predicted molar refractivity (Wildman–Crippen MR) is 239 cm³/mol. The minimum atomic E-state index is -0.734. The smallest absolute Gasteiger partial charge is 0.136 e. The lowest BCUT2D eigenvalue weighted by atomic mass is 9.99. The lowest BCUT2D eigenvalue weighted by molar-refractivity contribution is 0.669. The van der Waals surface area contributed by atoms with Crippen molar-refractivity contribution in [3.05, 3.63) is 206 Å². The van der Waals surface area contributed by atoms with Crippen molar-refractivity contribution >= 4 is 65.6 Å². The van der Waals surface area contributed by atoms with Crippen molar-refractivity contribution in [1.82, 2.24) is 9.13 Å². The van der Waals surface area contributed by atoms with Crippen LogP contribution in [0.15, 0.2) is 210 Å². The molecule has 3 heterocycles. The molecule has 57 heavy (non-hydrogen) atoms. The second-order valence-electron chi connectivity index (χ2n) is 13.3. The highest BCUT2D eigenvalue weighted by molar-refractivity contribution is 6.15. The van der Waals surface area contributed by atoms with Crippen LogP contribution in [0, 0.1) is 0 Å². The van der Waals surface area contributed by atoms with E-state index in [1.807, 2.05) is 30.3 Å². The van der Waals surface area contributed by atoms with Crippen molar-refractivity contribution in [2.45, 2.75) is 0 Å². The number of hydrogen-bond acceptors (Lipinski definition) is 1. The fourth-order valence-electron chi connectivity index (χ4n) is 7.59. The Labute approximate surface area is 358 Å². The molecule has 0 saturated heterocycles. The molecular weight excluding hydrogens is 693 g/mol. The Morgan fingerprint density at radius 3 is 1.91 bits per heavy atom. The molecule has 266 valence electrons. The van der Waals surface area contributed by atoms with Gasteiger partial charge in [0.05, 0.1) is 50.9 Å². The van der Waals surface area contributed by atoms with E-state index in [1.165, 1.54) is 22.8 Å². The maximum Gasteiger partial charge on any atom is 0.136 e. The maximum absolute atomic E-state index is 10.0. The molecule has 0 N–H and O–H groups in total. The number of furan rings is 1. The average molecular weight is 748 g/mol. The summed E-state index contributed by atoms with van der Waals surface area (Å²) in [6.45, 7) is 0. The maximum atomic E-state index is 10.0. The van der Waals surface area contributed by atoms with Gasteiger partial charge < -0.3 is 13.6 Å². The molecule has 0 aliphatic heterocycles. The van der Waals surface area contributed by atoms with E-state index in [2.05, 4.69) is 0 Å². The summed E-state index contributed by atoms with van der Waals surface area (Å²) in [5, 5.41) is -1.00. The second-order valence-corrected chi connectivity index (χ2v) is 13.3. The number of benzene rings is 9. The fraction of sp³-hybridized carbons (Fsp3) is 0. The van der Waals surface area contributed by atoms with Gasteiger partial charge in [-0.05, 0) is 99.9 Å². The fourth-order valence-corrected chi connectivity index (χ4v) is 7.59. The summed E-state index contributed by atoms with van der Waals surface area (Å²) < 4.78 is 200. The van der Waals surface area contributed by atoms with Crippen LogP contribution in [-0.2, 0) is 0 Å². The van der Waals surface area contributed by atoms with E-state index in [0.29, 0.717) is 5.69 Å². The zero-order valence-corrected chi connectivity index (χ0v) is 29.3. The van der Waals surface area contributed by atoms with Crippen LogP contribution in [0.1, 0.15) is 28.8 Å². The van der Waals surface area contributed by atoms with Crippen LogP contribution in [-0.4, -0.2) is 9.13 Å². The Kier molecular flexibility index (Phi) is 3.81. The summed E-state index contributed by atoms with van der Waals surface area (Å²) in [5.41, 5.74) is -0.802. The molecule has 0 spiro atoms. The van der Waals surface area contributed by atoms with Gasteiger partial charge in [-0.1, -0.05) is 139 Å². The van der Waals surface area contributed by atoms with E-state index in [9.17, 15) is 12.3 Å². The van der Waals surface area contributed by atoms with Crippen LogP contribution in [0.4, 0.5) is 0 Å². The molecule has 9 aromatic carbocycles. The predicted octanol–water partition coefficient (Wildman–Crippen LogP) is 14.8. The first kappa shape index (κ1) is 17.5. The second kappa shape index (κ2) is 12.5. The number of aromatic nitrogens is 2. The molecule has 0 saturated carbocycles. The van der Waals surface area contributed by atoms with Crippen LogP contribution in [0.5, 0.6) is 0 Å². The molecule has 12 aromatic rings. The Morgan fingerprint density at radius 2 is 1.07 bits per heavy atom. The molecule has 0 bridgehead atoms. The van der Waals surface area contributed by atoms with Crippen molar-refractivity contribution in [1.29, 1.82) is 0 Å². The van der Waals surface area contributed by atoms with Gasteiger partial charge in [-0.2, -0.15) is 0 Å². The molecule has 0 unspecified atom stereocenters. The summed E-state index contributed by atoms with van der Waals surface area (Å²) in [7, 11) is 0. The van der Waals surface area contributed by atoms with Gasteiger partial charge in [0.15, 0.2) is 0 Å². The third-order valence-corrected chi connectivity index (χ3v) is 10.1. The zero-order valence-electron chi connectivity index (χ0n) is 50.3. The first-order chi connectivity index (χ1) is 37.0. The summed E-state index contributed by atoms with van der Waals surface area (Å²) in [6.07, 6.45) is 0. The first-order valence-electron chi connectivity index (χ1n) is 28.3. The van der Waals surface area contributed by atoms with Gasteiger partial charge in [0, 0.05) is 43.7 Å². The molecule has 0 aliphatic carbocycles. The SMILES string of the molecule is [2H]c1ccc(-c2c([2H])c([2H])c([2H])c3oc4c([2H])c([2H])c(-n5c6cc([2H])c(-c7c([2H])c([2H])c8c9c([2H])c([2H])c([2H])c([2H])c9n(-c9ccc(-c%10ccccc%10)cc9)c8c7[2H])c([2H])c6c6c([2H])c([2H])c([2H])c([2H])c65)cc4c23)c([2H])c1[2H]. The normalized spacial score (nSPS) is 17.0. The van der Waals surface area contributed by atoms with Crippen LogP contribution in [0.3, 0.4) is 0 Å². The average Bonchev–Trinajstić information content (AvgIpc) is 4.19. The quantitative estimate of drug-likeness (QED) is 0.172. The van der Waals surface area contributed by atoms with Crippen LogP contribution in [0.2, 0.25) is 0 Å². The summed E-state index contributed by atoms with van der Waals surface area (Å²) >= 11 is 0. The molecular formula is C54H34N2O. The highest BCUT2D eigenvalue weighted by atomic mass is 16.3. The van der Waals surface area contributed by atoms with Crippen molar-refractivity contribution in [3.8, 4) is 44.8 Å². The number of para-hydroxylation sites is 2. The van der Waals surface area contributed by atoms with Gasteiger partial charge in [-0.25, -0.2) is 0 Å². The lowest BCUT2D eigenvalue weighted by Crippen LogP contribution is -1.94. The highest BCUT2D eigenvalue weighted by Crippen LogP contribution is 2.41. The van der Waals surface area contributed by atoms with Gasteiger partial charge in [0.2, 0.25) is 0 Å². The molecule has 0 amide bonds. The zero-order chi connectivity index (χ0) is 55.7. The molecule has 0 radical (unpaired) electrons. The number of fused-ring (bicyclic) bond motifs is 9. The Balaban J connectivity index is 1.20. The third-order valence-electron chi connectivity index (χ3n) is 10.1. The van der Waals surface area contributed by atoms with Gasteiger partial charge in [0.25, 0.3) is 0 Å². The topological polar surface area (TPSA) is 23.0 Å². The molecule has 3 nitrogen and oxygen atoms in total. The summed E-state index contributed by atoms with van der Waals surface area (Å²) in [5.74, 6) is 0. The Hall–Kier alpha value is -7.62. The van der Waals surface area contributed by atoms with Gasteiger partial charge in [0.1, 0.15) is 11.2 Å². The van der Waals surface area contributed by atoms with Gasteiger partial charge in [-0.15, -0.1) is 0 Å². The monoisotopic (exact) mass is 747 g/mol. The van der Waals surface area contributed by atoms with E-state index in [-0.39, 0.29) is 88.4 Å². The number of nitrogens with zero attached hydrogens (tertiary/aromatic N) is 2. The standard InChI is InChI=1S/C54H34N2O/c1-3-12-35(13-4-1)36-22-26-40(27-23-36)55-48-19-9-7-16-43(48)45-29-24-39(33-51(45)55)38-25-30-50-46(32-38)44-17-8-10-20-49(44)56(50)41-28-31-52-47(34-41)54-42(18-11-21-53(54)57-52)37-14-5-2-6-15-37/h1-34H/i2D,5D,7D,8D,9D,10D,11D,14D,16D,17D,18D,19D,20D,21D,24D,25D,28D,29D,31D,32D,33D. The lowest BCUT2D eigenvalue weighted by Gasteiger charge is -2.11. The minimum absolute atomic E-state index is 0.0515. The Bertz CT molecular complexity index is 4740. The van der Waals surface area contributed by atoms with Crippen molar-refractivity contribution < 1.29 is 33.2 Å². The van der Waals surface area contributed by atoms with Crippen LogP contribution in [0.25, 0.3) is 110 Å². The first-order valence-corrected chi connectivity index (χ1v) is 17.8. The minimum Gasteiger partial charge on any atom is -0.456 e. The summed E-state index contributed by atoms with van der Waals surface area (Å²) in [4.78, 5) is 0. The number of hydrogen-bond donors (Lipinski definition) is 0.